The van der Waals surface area contributed by atoms with Gasteiger partial charge in [-0.15, -0.1) is 0 Å². The first-order chi connectivity index (χ1) is 15.9. The Bertz CT molecular complexity index is 1400. The summed E-state index contributed by atoms with van der Waals surface area (Å²) in [6.07, 6.45) is -0.0850. The van der Waals surface area contributed by atoms with Crippen molar-refractivity contribution in [3.63, 3.8) is 0 Å². The lowest BCUT2D eigenvalue weighted by Crippen LogP contribution is -2.13. The second-order valence-corrected chi connectivity index (χ2v) is 7.64. The van der Waals surface area contributed by atoms with Gasteiger partial charge in [-0.1, -0.05) is 24.3 Å². The van der Waals surface area contributed by atoms with Gasteiger partial charge in [-0.3, -0.25) is 4.79 Å². The number of ketones is 1. The van der Waals surface area contributed by atoms with Crippen LogP contribution in [0.3, 0.4) is 0 Å². The Labute approximate surface area is 191 Å². The van der Waals surface area contributed by atoms with Crippen LogP contribution in [-0.4, -0.2) is 27.1 Å². The topological polar surface area (TPSA) is 75.0 Å². The lowest BCUT2D eigenvalue weighted by atomic mass is 9.97. The van der Waals surface area contributed by atoms with Crippen LogP contribution >= 0.6 is 0 Å². The third-order valence-electron chi connectivity index (χ3n) is 5.58. The molecule has 0 saturated carbocycles. The maximum absolute atomic E-state index is 13.1. The zero-order valence-corrected chi connectivity index (χ0v) is 18.9. The maximum Gasteiger partial charge on any atom is 0.340 e. The number of carbonyl (C=O) groups is 1. The molecule has 0 amide bonds. The van der Waals surface area contributed by atoms with E-state index < -0.39 is 5.63 Å². The highest BCUT2D eigenvalue weighted by molar-refractivity contribution is 5.99. The molecule has 0 aliphatic rings. The third-order valence-corrected chi connectivity index (χ3v) is 5.58. The molecule has 0 radical (unpaired) electrons. The van der Waals surface area contributed by atoms with Crippen LogP contribution in [0.5, 0.6) is 17.2 Å². The monoisotopic (exact) mass is 444 g/mol. The first-order valence-corrected chi connectivity index (χ1v) is 10.4. The summed E-state index contributed by atoms with van der Waals surface area (Å²) in [6, 6.07) is 18.1. The molecule has 0 N–H and O–H groups in total. The normalized spacial score (nSPS) is 10.8. The Morgan fingerprint density at radius 2 is 1.73 bits per heavy atom. The Morgan fingerprint density at radius 3 is 2.45 bits per heavy atom. The number of carbonyl (C=O) groups excluding carboxylic acids is 1. The Hall–Kier alpha value is -4.06. The van der Waals surface area contributed by atoms with Gasteiger partial charge in [-0.05, 0) is 54.4 Å². The van der Waals surface area contributed by atoms with E-state index in [4.69, 9.17) is 18.6 Å². The number of rotatable bonds is 7. The lowest BCUT2D eigenvalue weighted by molar-refractivity contribution is 0.0992. The second-order valence-electron chi connectivity index (χ2n) is 7.64. The molecule has 0 unspecified atom stereocenters. The molecule has 33 heavy (non-hydrogen) atoms. The maximum atomic E-state index is 13.1. The van der Waals surface area contributed by atoms with Gasteiger partial charge in [-0.25, -0.2) is 4.79 Å². The predicted octanol–water partition coefficient (Wildman–Crippen LogP) is 5.22. The van der Waals surface area contributed by atoms with E-state index in [0.717, 1.165) is 16.7 Å². The van der Waals surface area contributed by atoms with E-state index in [9.17, 15) is 9.59 Å². The molecular formula is C27H24O6. The molecule has 6 nitrogen and oxygen atoms in total. The number of benzene rings is 3. The van der Waals surface area contributed by atoms with Crippen molar-refractivity contribution in [1.29, 1.82) is 0 Å². The van der Waals surface area contributed by atoms with E-state index in [0.29, 0.717) is 33.8 Å². The average Bonchev–Trinajstić information content (AvgIpc) is 2.84. The first-order valence-electron chi connectivity index (χ1n) is 10.4. The molecule has 3 aromatic carbocycles. The Morgan fingerprint density at radius 1 is 0.909 bits per heavy atom. The highest BCUT2D eigenvalue weighted by Gasteiger charge is 2.17. The number of hydrogen-bond acceptors (Lipinski definition) is 6. The van der Waals surface area contributed by atoms with Crippen LogP contribution in [0.25, 0.3) is 22.1 Å². The summed E-state index contributed by atoms with van der Waals surface area (Å²) >= 11 is 0. The fourth-order valence-electron chi connectivity index (χ4n) is 3.85. The van der Waals surface area contributed by atoms with E-state index in [1.165, 1.54) is 7.11 Å². The van der Waals surface area contributed by atoms with Gasteiger partial charge in [-0.2, -0.15) is 0 Å². The second kappa shape index (κ2) is 9.20. The zero-order chi connectivity index (χ0) is 23.5. The van der Waals surface area contributed by atoms with E-state index in [-0.39, 0.29) is 17.8 Å². The van der Waals surface area contributed by atoms with Gasteiger partial charge in [0, 0.05) is 28.5 Å². The van der Waals surface area contributed by atoms with Crippen LogP contribution in [0.15, 0.2) is 69.9 Å². The average molecular weight is 444 g/mol. The largest absolute Gasteiger partial charge is 0.497 e. The Kier molecular flexibility index (Phi) is 6.18. The van der Waals surface area contributed by atoms with Gasteiger partial charge in [0.15, 0.2) is 17.1 Å². The fourth-order valence-corrected chi connectivity index (χ4v) is 3.85. The molecule has 1 heterocycles. The van der Waals surface area contributed by atoms with Gasteiger partial charge < -0.3 is 18.6 Å². The number of Topliss-reactive ketones (excluding diaryl/α,β-unsaturated/α-hetero) is 1. The van der Waals surface area contributed by atoms with Gasteiger partial charge in [0.05, 0.1) is 21.3 Å². The first kappa shape index (κ1) is 22.1. The minimum Gasteiger partial charge on any atom is -0.497 e. The van der Waals surface area contributed by atoms with Crippen LogP contribution in [0.4, 0.5) is 0 Å². The molecule has 0 spiro atoms. The molecule has 168 valence electrons. The van der Waals surface area contributed by atoms with Crippen LogP contribution in [0.2, 0.25) is 0 Å². The highest BCUT2D eigenvalue weighted by atomic mass is 16.5. The molecule has 0 atom stereocenters. The lowest BCUT2D eigenvalue weighted by Gasteiger charge is -2.12. The molecule has 0 aliphatic carbocycles. The van der Waals surface area contributed by atoms with Gasteiger partial charge in [0.2, 0.25) is 0 Å². The van der Waals surface area contributed by atoms with Crippen LogP contribution < -0.4 is 19.8 Å². The quantitative estimate of drug-likeness (QED) is 0.287. The standard InChI is InChI=1S/C27H24O6/c1-16-8-9-19-12-20(27(29)33-26(19)25(16)32-4)15-23(28)18-10-11-24(31-3)22(14-18)17-6-5-7-21(13-17)30-2/h5-14H,15H2,1-4H3. The number of fused-ring (bicyclic) bond motifs is 1. The highest BCUT2D eigenvalue weighted by Crippen LogP contribution is 2.33. The van der Waals surface area contributed by atoms with Crippen molar-refractivity contribution < 1.29 is 23.4 Å². The van der Waals surface area contributed by atoms with E-state index in [2.05, 4.69) is 0 Å². The summed E-state index contributed by atoms with van der Waals surface area (Å²) in [5, 5.41) is 0.701. The van der Waals surface area contributed by atoms with Gasteiger partial charge >= 0.3 is 5.63 Å². The minimum absolute atomic E-state index is 0.0850. The van der Waals surface area contributed by atoms with Gasteiger partial charge in [0.1, 0.15) is 11.5 Å². The molecule has 6 heteroatoms. The van der Waals surface area contributed by atoms with Crippen LogP contribution in [0.1, 0.15) is 21.5 Å². The van der Waals surface area contributed by atoms with Gasteiger partial charge in [0.25, 0.3) is 0 Å². The summed E-state index contributed by atoms with van der Waals surface area (Å²) in [5.41, 5.74) is 3.05. The molecule has 4 rings (SSSR count). The summed E-state index contributed by atoms with van der Waals surface area (Å²) in [5.74, 6) is 1.64. The number of ether oxygens (including phenoxy) is 3. The minimum atomic E-state index is -0.554. The molecule has 0 aliphatic heterocycles. The summed E-state index contributed by atoms with van der Waals surface area (Å²) in [6.45, 7) is 1.87. The van der Waals surface area contributed by atoms with Crippen molar-refractivity contribution in [2.45, 2.75) is 13.3 Å². The van der Waals surface area contributed by atoms with Crippen molar-refractivity contribution >= 4 is 16.8 Å². The molecule has 0 bridgehead atoms. The zero-order valence-electron chi connectivity index (χ0n) is 18.9. The third kappa shape index (κ3) is 4.32. The molecule has 0 saturated heterocycles. The predicted molar refractivity (Wildman–Crippen MR) is 127 cm³/mol. The van der Waals surface area contributed by atoms with Crippen LogP contribution in [-0.2, 0) is 6.42 Å². The molecular weight excluding hydrogens is 420 g/mol. The van der Waals surface area contributed by atoms with Crippen molar-refractivity contribution in [3.8, 4) is 28.4 Å². The molecule has 0 fully saturated rings. The SMILES string of the molecule is COc1cccc(-c2cc(C(=O)Cc3cc4ccc(C)c(OC)c4oc3=O)ccc2OC)c1. The number of methoxy groups -OCH3 is 3. The summed E-state index contributed by atoms with van der Waals surface area (Å²) in [4.78, 5) is 25.7. The number of aryl methyl sites for hydroxylation is 1. The van der Waals surface area contributed by atoms with E-state index in [1.807, 2.05) is 43.3 Å². The van der Waals surface area contributed by atoms with Crippen molar-refractivity contribution in [3.05, 3.63) is 87.8 Å². The van der Waals surface area contributed by atoms with Crippen molar-refractivity contribution in [2.24, 2.45) is 0 Å². The molecule has 4 aromatic rings. The van der Waals surface area contributed by atoms with Crippen molar-refractivity contribution in [1.82, 2.24) is 0 Å². The smallest absolute Gasteiger partial charge is 0.340 e. The van der Waals surface area contributed by atoms with E-state index in [1.54, 1.807) is 38.5 Å². The van der Waals surface area contributed by atoms with Crippen LogP contribution in [0, 0.1) is 6.92 Å². The summed E-state index contributed by atoms with van der Waals surface area (Å²) in [7, 11) is 4.71. The number of hydrogen-bond donors (Lipinski definition) is 0. The summed E-state index contributed by atoms with van der Waals surface area (Å²) < 4.78 is 21.7. The Balaban J connectivity index is 1.70. The molecule has 1 aromatic heterocycles. The fraction of sp³-hybridized carbons (Fsp3) is 0.185. The van der Waals surface area contributed by atoms with E-state index >= 15 is 0 Å². The van der Waals surface area contributed by atoms with Crippen molar-refractivity contribution in [2.75, 3.05) is 21.3 Å².